The second kappa shape index (κ2) is 4.58. The molecule has 2 heterocycles. The molecule has 1 amide bonds. The second-order valence-electron chi connectivity index (χ2n) is 3.84. The Balaban J connectivity index is 2.19. The predicted molar refractivity (Wildman–Crippen MR) is 56.7 cm³/mol. The fourth-order valence-corrected chi connectivity index (χ4v) is 1.74. The number of carboxylic acids is 1. The summed E-state index contributed by atoms with van der Waals surface area (Å²) in [6.45, 7) is 2.34. The van der Waals surface area contributed by atoms with Crippen LogP contribution in [0.25, 0.3) is 0 Å². The monoisotopic (exact) mass is 239 g/mol. The number of rotatable bonds is 2. The van der Waals surface area contributed by atoms with E-state index in [2.05, 4.69) is 0 Å². The number of ether oxygens (including phenoxy) is 1. The highest BCUT2D eigenvalue weighted by molar-refractivity contribution is 5.94. The summed E-state index contributed by atoms with van der Waals surface area (Å²) in [5.41, 5.74) is 0. The minimum Gasteiger partial charge on any atom is -0.480 e. The maximum atomic E-state index is 12.0. The first-order valence-corrected chi connectivity index (χ1v) is 5.27. The number of furan rings is 1. The molecule has 0 aliphatic carbocycles. The number of carboxylic acid groups (broad SMARTS) is 1. The molecule has 0 spiro atoms. The van der Waals surface area contributed by atoms with Crippen LogP contribution in [0.2, 0.25) is 0 Å². The SMILES string of the molecule is Cc1ccc(C(=O)N2CCOCC2C(=O)O)o1. The topological polar surface area (TPSA) is 80.0 Å². The van der Waals surface area contributed by atoms with E-state index in [1.54, 1.807) is 19.1 Å². The molecule has 1 aliphatic rings. The van der Waals surface area contributed by atoms with Gasteiger partial charge in [0, 0.05) is 6.54 Å². The van der Waals surface area contributed by atoms with Gasteiger partial charge in [-0.15, -0.1) is 0 Å². The molecule has 0 bridgehead atoms. The Bertz CT molecular complexity index is 439. The minimum atomic E-state index is -1.07. The van der Waals surface area contributed by atoms with Gasteiger partial charge < -0.3 is 19.2 Å². The summed E-state index contributed by atoms with van der Waals surface area (Å²) in [7, 11) is 0. The highest BCUT2D eigenvalue weighted by atomic mass is 16.5. The van der Waals surface area contributed by atoms with Crippen LogP contribution in [0.15, 0.2) is 16.5 Å². The van der Waals surface area contributed by atoms with Crippen molar-refractivity contribution in [3.05, 3.63) is 23.7 Å². The molecular formula is C11H13NO5. The number of morpholine rings is 1. The number of hydrogen-bond donors (Lipinski definition) is 1. The number of carbonyl (C=O) groups excluding carboxylic acids is 1. The lowest BCUT2D eigenvalue weighted by Gasteiger charge is -2.32. The van der Waals surface area contributed by atoms with Gasteiger partial charge in [0.1, 0.15) is 5.76 Å². The first-order valence-electron chi connectivity index (χ1n) is 5.27. The molecule has 1 atom stereocenters. The molecule has 1 aromatic rings. The van der Waals surface area contributed by atoms with Gasteiger partial charge in [-0.2, -0.15) is 0 Å². The van der Waals surface area contributed by atoms with Crippen molar-refractivity contribution < 1.29 is 23.8 Å². The van der Waals surface area contributed by atoms with Crippen molar-refractivity contribution in [2.24, 2.45) is 0 Å². The molecule has 1 N–H and O–H groups in total. The summed E-state index contributed by atoms with van der Waals surface area (Å²) in [6, 6.07) is 2.27. The Kier molecular flexibility index (Phi) is 3.14. The van der Waals surface area contributed by atoms with Crippen molar-refractivity contribution >= 4 is 11.9 Å². The van der Waals surface area contributed by atoms with E-state index >= 15 is 0 Å². The number of nitrogens with zero attached hydrogens (tertiary/aromatic N) is 1. The van der Waals surface area contributed by atoms with Gasteiger partial charge in [0.2, 0.25) is 0 Å². The van der Waals surface area contributed by atoms with Crippen LogP contribution < -0.4 is 0 Å². The van der Waals surface area contributed by atoms with Gasteiger partial charge in [-0.05, 0) is 19.1 Å². The smallest absolute Gasteiger partial charge is 0.328 e. The Labute approximate surface area is 97.8 Å². The van der Waals surface area contributed by atoms with Crippen molar-refractivity contribution in [1.82, 2.24) is 4.90 Å². The normalized spacial score (nSPS) is 20.3. The first-order chi connectivity index (χ1) is 8.09. The van der Waals surface area contributed by atoms with Crippen LogP contribution in [0.1, 0.15) is 16.3 Å². The fraction of sp³-hybridized carbons (Fsp3) is 0.455. The Hall–Kier alpha value is -1.82. The van der Waals surface area contributed by atoms with Gasteiger partial charge in [-0.1, -0.05) is 0 Å². The lowest BCUT2D eigenvalue weighted by molar-refractivity contribution is -0.147. The highest BCUT2D eigenvalue weighted by Gasteiger charge is 2.34. The van der Waals surface area contributed by atoms with Crippen LogP contribution in [-0.2, 0) is 9.53 Å². The molecule has 6 nitrogen and oxygen atoms in total. The van der Waals surface area contributed by atoms with Gasteiger partial charge in [0.25, 0.3) is 5.91 Å². The largest absolute Gasteiger partial charge is 0.480 e. The molecule has 0 saturated carbocycles. The Morgan fingerprint density at radius 1 is 1.47 bits per heavy atom. The van der Waals surface area contributed by atoms with E-state index in [0.717, 1.165) is 0 Å². The minimum absolute atomic E-state index is 0.0146. The van der Waals surface area contributed by atoms with E-state index in [9.17, 15) is 9.59 Å². The number of hydrogen-bond acceptors (Lipinski definition) is 4. The third kappa shape index (κ3) is 2.31. The van der Waals surface area contributed by atoms with E-state index < -0.39 is 17.9 Å². The van der Waals surface area contributed by atoms with Crippen LogP contribution in [0.3, 0.4) is 0 Å². The molecule has 1 fully saturated rings. The van der Waals surface area contributed by atoms with Crippen LogP contribution in [0.4, 0.5) is 0 Å². The summed E-state index contributed by atoms with van der Waals surface area (Å²) >= 11 is 0. The molecule has 1 saturated heterocycles. The maximum Gasteiger partial charge on any atom is 0.328 e. The summed E-state index contributed by atoms with van der Waals surface area (Å²) in [5.74, 6) is -0.695. The molecule has 2 rings (SSSR count). The third-order valence-electron chi connectivity index (χ3n) is 2.63. The van der Waals surface area contributed by atoms with Gasteiger partial charge in [-0.3, -0.25) is 4.79 Å². The average molecular weight is 239 g/mol. The third-order valence-corrected chi connectivity index (χ3v) is 2.63. The van der Waals surface area contributed by atoms with Crippen molar-refractivity contribution in [2.75, 3.05) is 19.8 Å². The van der Waals surface area contributed by atoms with Gasteiger partial charge in [0.15, 0.2) is 11.8 Å². The molecule has 1 aromatic heterocycles. The van der Waals surface area contributed by atoms with Crippen molar-refractivity contribution in [1.29, 1.82) is 0 Å². The summed E-state index contributed by atoms with van der Waals surface area (Å²) in [4.78, 5) is 24.3. The fourth-order valence-electron chi connectivity index (χ4n) is 1.74. The van der Waals surface area contributed by atoms with Crippen molar-refractivity contribution in [3.63, 3.8) is 0 Å². The summed E-state index contributed by atoms with van der Waals surface area (Å²) in [5, 5.41) is 9.01. The standard InChI is InChI=1S/C11H13NO5/c1-7-2-3-9(17-7)10(13)12-4-5-16-6-8(12)11(14)15/h2-3,8H,4-6H2,1H3,(H,14,15). The van der Waals surface area contributed by atoms with Crippen molar-refractivity contribution in [2.45, 2.75) is 13.0 Å². The van der Waals surface area contributed by atoms with E-state index in [1.165, 1.54) is 4.90 Å². The first kappa shape index (κ1) is 11.7. The lowest BCUT2D eigenvalue weighted by Crippen LogP contribution is -2.52. The van der Waals surface area contributed by atoms with E-state index in [4.69, 9.17) is 14.3 Å². The molecule has 92 valence electrons. The Morgan fingerprint density at radius 2 is 2.24 bits per heavy atom. The van der Waals surface area contributed by atoms with Crippen LogP contribution in [-0.4, -0.2) is 47.7 Å². The number of aryl methyl sites for hydroxylation is 1. The molecule has 17 heavy (non-hydrogen) atoms. The maximum absolute atomic E-state index is 12.0. The molecule has 6 heteroatoms. The zero-order chi connectivity index (χ0) is 12.4. The number of amides is 1. The van der Waals surface area contributed by atoms with E-state index in [1.807, 2.05) is 0 Å². The average Bonchev–Trinajstić information content (AvgIpc) is 2.75. The molecule has 0 radical (unpaired) electrons. The predicted octanol–water partition coefficient (Wildman–Crippen LogP) is 0.514. The van der Waals surface area contributed by atoms with Gasteiger partial charge in [-0.25, -0.2) is 4.79 Å². The second-order valence-corrected chi connectivity index (χ2v) is 3.84. The highest BCUT2D eigenvalue weighted by Crippen LogP contribution is 2.15. The quantitative estimate of drug-likeness (QED) is 0.813. The number of aliphatic carboxylic acids is 1. The molecular weight excluding hydrogens is 226 g/mol. The van der Waals surface area contributed by atoms with Crippen LogP contribution >= 0.6 is 0 Å². The van der Waals surface area contributed by atoms with Crippen LogP contribution in [0, 0.1) is 6.92 Å². The molecule has 1 aliphatic heterocycles. The number of carbonyl (C=O) groups is 2. The Morgan fingerprint density at radius 3 is 2.82 bits per heavy atom. The van der Waals surface area contributed by atoms with Gasteiger partial charge in [0.05, 0.1) is 13.2 Å². The molecule has 1 unspecified atom stereocenters. The zero-order valence-electron chi connectivity index (χ0n) is 9.38. The summed E-state index contributed by atoms with van der Waals surface area (Å²) < 4.78 is 10.3. The lowest BCUT2D eigenvalue weighted by atomic mass is 10.2. The zero-order valence-corrected chi connectivity index (χ0v) is 9.38. The van der Waals surface area contributed by atoms with E-state index in [-0.39, 0.29) is 18.9 Å². The summed E-state index contributed by atoms with van der Waals surface area (Å²) in [6.07, 6.45) is 0. The van der Waals surface area contributed by atoms with Crippen molar-refractivity contribution in [3.8, 4) is 0 Å². The van der Waals surface area contributed by atoms with E-state index in [0.29, 0.717) is 12.4 Å². The van der Waals surface area contributed by atoms with Crippen LogP contribution in [0.5, 0.6) is 0 Å². The van der Waals surface area contributed by atoms with Gasteiger partial charge >= 0.3 is 5.97 Å². The molecule has 0 aromatic carbocycles.